The average Bonchev–Trinajstić information content (AvgIpc) is 2.50. The van der Waals surface area contributed by atoms with E-state index in [4.69, 9.17) is 4.74 Å². The molecule has 116 valence electrons. The number of aryl methyl sites for hydroxylation is 2. The zero-order valence-electron chi connectivity index (χ0n) is 13.3. The molecule has 1 aromatic rings. The number of ether oxygens (including phenoxy) is 1. The van der Waals surface area contributed by atoms with Crippen molar-refractivity contribution >= 4 is 0 Å². The molecule has 1 saturated heterocycles. The highest BCUT2D eigenvalue weighted by atomic mass is 16.5. The topological polar surface area (TPSA) is 35.9 Å². The monoisotopic (exact) mass is 290 g/mol. The van der Waals surface area contributed by atoms with Crippen molar-refractivity contribution in [3.63, 3.8) is 0 Å². The number of benzene rings is 1. The Balaban J connectivity index is 1.76. The lowest BCUT2D eigenvalue weighted by atomic mass is 9.94. The predicted molar refractivity (Wildman–Crippen MR) is 83.8 cm³/mol. The van der Waals surface area contributed by atoms with Crippen LogP contribution in [0.2, 0.25) is 0 Å². The Bertz CT molecular complexity index is 510. The van der Waals surface area contributed by atoms with E-state index in [9.17, 15) is 5.11 Å². The van der Waals surface area contributed by atoms with Crippen LogP contribution in [0.15, 0.2) is 12.1 Å². The fourth-order valence-corrected chi connectivity index (χ4v) is 3.36. The van der Waals surface area contributed by atoms with Crippen LogP contribution in [-0.2, 0) is 0 Å². The molecule has 0 bridgehead atoms. The summed E-state index contributed by atoms with van der Waals surface area (Å²) in [5.41, 5.74) is 3.39. The van der Waals surface area contributed by atoms with Crippen molar-refractivity contribution in [3.05, 3.63) is 28.8 Å². The van der Waals surface area contributed by atoms with Crippen LogP contribution in [0.1, 0.15) is 29.7 Å². The molecule has 4 heteroatoms. The molecule has 2 aliphatic rings. The quantitative estimate of drug-likeness (QED) is 0.900. The molecular weight excluding hydrogens is 264 g/mol. The second-order valence-electron chi connectivity index (χ2n) is 6.27. The minimum Gasteiger partial charge on any atom is -0.491 e. The predicted octanol–water partition coefficient (Wildman–Crippen LogP) is 1.74. The molecule has 1 aromatic carbocycles. The molecule has 0 spiro atoms. The van der Waals surface area contributed by atoms with Gasteiger partial charge in [0, 0.05) is 31.7 Å². The lowest BCUT2D eigenvalue weighted by Gasteiger charge is -2.42. The zero-order valence-corrected chi connectivity index (χ0v) is 13.3. The van der Waals surface area contributed by atoms with E-state index < -0.39 is 6.10 Å². The summed E-state index contributed by atoms with van der Waals surface area (Å²) >= 11 is 0. The SMILES string of the molecule is CCN1CCN(C2COc3cc(C)c(C)cc3C2O)CC1. The minimum absolute atomic E-state index is 0.0820. The van der Waals surface area contributed by atoms with Gasteiger partial charge in [-0.25, -0.2) is 0 Å². The molecule has 2 aliphatic heterocycles. The summed E-state index contributed by atoms with van der Waals surface area (Å²) in [6.07, 6.45) is -0.443. The normalized spacial score (nSPS) is 27.2. The van der Waals surface area contributed by atoms with E-state index in [1.807, 2.05) is 0 Å². The summed E-state index contributed by atoms with van der Waals surface area (Å²) in [7, 11) is 0. The van der Waals surface area contributed by atoms with Crippen molar-refractivity contribution in [1.29, 1.82) is 0 Å². The van der Waals surface area contributed by atoms with E-state index >= 15 is 0 Å². The van der Waals surface area contributed by atoms with Crippen molar-refractivity contribution in [2.24, 2.45) is 0 Å². The molecule has 1 N–H and O–H groups in total. The Morgan fingerprint density at radius 3 is 2.48 bits per heavy atom. The van der Waals surface area contributed by atoms with Gasteiger partial charge in [0.25, 0.3) is 0 Å². The lowest BCUT2D eigenvalue weighted by Crippen LogP contribution is -2.54. The van der Waals surface area contributed by atoms with E-state index in [1.165, 1.54) is 11.1 Å². The first kappa shape index (κ1) is 14.8. The van der Waals surface area contributed by atoms with Gasteiger partial charge in [-0.05, 0) is 43.7 Å². The molecule has 0 radical (unpaired) electrons. The van der Waals surface area contributed by atoms with Gasteiger partial charge < -0.3 is 14.7 Å². The Morgan fingerprint density at radius 2 is 1.81 bits per heavy atom. The largest absolute Gasteiger partial charge is 0.491 e. The van der Waals surface area contributed by atoms with Crippen molar-refractivity contribution in [3.8, 4) is 5.75 Å². The third-order valence-corrected chi connectivity index (χ3v) is 5.04. The molecule has 4 nitrogen and oxygen atoms in total. The number of piperazine rings is 1. The molecule has 21 heavy (non-hydrogen) atoms. The van der Waals surface area contributed by atoms with Crippen LogP contribution in [-0.4, -0.2) is 60.3 Å². The highest BCUT2D eigenvalue weighted by molar-refractivity contribution is 5.44. The first-order valence-electron chi connectivity index (χ1n) is 7.98. The van der Waals surface area contributed by atoms with Gasteiger partial charge in [0.05, 0.1) is 6.04 Å². The minimum atomic E-state index is -0.443. The van der Waals surface area contributed by atoms with Crippen LogP contribution in [0.5, 0.6) is 5.75 Å². The number of hydrogen-bond acceptors (Lipinski definition) is 4. The maximum absolute atomic E-state index is 10.8. The van der Waals surface area contributed by atoms with Crippen LogP contribution in [0.4, 0.5) is 0 Å². The smallest absolute Gasteiger partial charge is 0.125 e. The summed E-state index contributed by atoms with van der Waals surface area (Å²) in [6.45, 7) is 12.3. The zero-order chi connectivity index (χ0) is 15.0. The van der Waals surface area contributed by atoms with Crippen molar-refractivity contribution < 1.29 is 9.84 Å². The van der Waals surface area contributed by atoms with Crippen molar-refractivity contribution in [1.82, 2.24) is 9.80 Å². The summed E-state index contributed by atoms with van der Waals surface area (Å²) in [4.78, 5) is 4.84. The highest BCUT2D eigenvalue weighted by Gasteiger charge is 2.35. The van der Waals surface area contributed by atoms with E-state index in [2.05, 4.69) is 42.7 Å². The van der Waals surface area contributed by atoms with E-state index in [1.54, 1.807) is 0 Å². The number of rotatable bonds is 2. The fraction of sp³-hybridized carbons (Fsp3) is 0.647. The summed E-state index contributed by atoms with van der Waals surface area (Å²) < 4.78 is 5.93. The van der Waals surface area contributed by atoms with Gasteiger partial charge in [0.1, 0.15) is 18.5 Å². The Hall–Kier alpha value is -1.10. The molecule has 0 amide bonds. The van der Waals surface area contributed by atoms with Gasteiger partial charge >= 0.3 is 0 Å². The fourth-order valence-electron chi connectivity index (χ4n) is 3.36. The van der Waals surface area contributed by atoms with Gasteiger partial charge in [-0.2, -0.15) is 0 Å². The molecule has 3 rings (SSSR count). The van der Waals surface area contributed by atoms with Crippen LogP contribution < -0.4 is 4.74 Å². The first-order valence-corrected chi connectivity index (χ1v) is 7.98. The number of hydrogen-bond donors (Lipinski definition) is 1. The Kier molecular flexibility index (Phi) is 4.20. The lowest BCUT2D eigenvalue weighted by molar-refractivity contribution is -0.0165. The molecule has 0 aliphatic carbocycles. The van der Waals surface area contributed by atoms with Gasteiger partial charge in [0.15, 0.2) is 0 Å². The third-order valence-electron chi connectivity index (χ3n) is 5.04. The number of nitrogens with zero attached hydrogens (tertiary/aromatic N) is 2. The molecule has 0 aromatic heterocycles. The van der Waals surface area contributed by atoms with E-state index in [-0.39, 0.29) is 6.04 Å². The second-order valence-corrected chi connectivity index (χ2v) is 6.27. The van der Waals surface area contributed by atoms with Gasteiger partial charge in [0.2, 0.25) is 0 Å². The summed E-state index contributed by atoms with van der Waals surface area (Å²) in [5.74, 6) is 0.856. The van der Waals surface area contributed by atoms with Crippen LogP contribution in [0.25, 0.3) is 0 Å². The van der Waals surface area contributed by atoms with Crippen molar-refractivity contribution in [2.45, 2.75) is 32.9 Å². The molecule has 0 saturated carbocycles. The Morgan fingerprint density at radius 1 is 1.14 bits per heavy atom. The summed E-state index contributed by atoms with van der Waals surface area (Å²) in [5, 5.41) is 10.8. The molecule has 2 heterocycles. The average molecular weight is 290 g/mol. The van der Waals surface area contributed by atoms with E-state index in [0.29, 0.717) is 6.61 Å². The Labute approximate surface area is 127 Å². The number of likely N-dealkylation sites (N-methyl/N-ethyl adjacent to an activating group) is 1. The number of aliphatic hydroxyl groups is 1. The molecule has 2 unspecified atom stereocenters. The first-order chi connectivity index (χ1) is 10.1. The van der Waals surface area contributed by atoms with Crippen LogP contribution in [0.3, 0.4) is 0 Å². The van der Waals surface area contributed by atoms with Crippen molar-refractivity contribution in [2.75, 3.05) is 39.3 Å². The van der Waals surface area contributed by atoms with Gasteiger partial charge in [-0.15, -0.1) is 0 Å². The number of fused-ring (bicyclic) bond motifs is 1. The second kappa shape index (κ2) is 5.95. The molecule has 2 atom stereocenters. The standard InChI is InChI=1S/C17H26N2O2/c1-4-18-5-7-19(8-6-18)15-11-21-16-10-13(3)12(2)9-14(16)17(15)20/h9-10,15,17,20H,4-8,11H2,1-3H3. The summed E-state index contributed by atoms with van der Waals surface area (Å²) in [6, 6.07) is 4.22. The van der Waals surface area contributed by atoms with Crippen LogP contribution >= 0.6 is 0 Å². The van der Waals surface area contributed by atoms with Gasteiger partial charge in [-0.1, -0.05) is 6.92 Å². The third kappa shape index (κ3) is 2.80. The number of aliphatic hydroxyl groups excluding tert-OH is 1. The molecule has 1 fully saturated rings. The van der Waals surface area contributed by atoms with Crippen LogP contribution in [0, 0.1) is 13.8 Å². The van der Waals surface area contributed by atoms with Gasteiger partial charge in [-0.3, -0.25) is 4.90 Å². The maximum Gasteiger partial charge on any atom is 0.125 e. The molecular formula is C17H26N2O2. The maximum atomic E-state index is 10.8. The highest BCUT2D eigenvalue weighted by Crippen LogP contribution is 2.36. The van der Waals surface area contributed by atoms with E-state index in [0.717, 1.165) is 44.0 Å².